The Bertz CT molecular complexity index is 1160. The van der Waals surface area contributed by atoms with E-state index < -0.39 is 40.7 Å². The molecule has 0 spiro atoms. The zero-order chi connectivity index (χ0) is 27.5. The number of carbonyl (C=O) groups is 2. The summed E-state index contributed by atoms with van der Waals surface area (Å²) in [5, 5.41) is 24.0. The second kappa shape index (κ2) is 8.46. The van der Waals surface area contributed by atoms with E-state index in [0.29, 0.717) is 25.7 Å². The first-order valence-electron chi connectivity index (χ1n) is 14.5. The normalized spacial score (nSPS) is 54.4. The first-order valence-corrected chi connectivity index (χ1v) is 14.5. The van der Waals surface area contributed by atoms with Crippen molar-refractivity contribution >= 4 is 11.8 Å². The van der Waals surface area contributed by atoms with E-state index in [9.17, 15) is 19.8 Å². The van der Waals surface area contributed by atoms with Gasteiger partial charge in [-0.2, -0.15) is 0 Å². The van der Waals surface area contributed by atoms with Crippen molar-refractivity contribution < 1.29 is 43.5 Å². The summed E-state index contributed by atoms with van der Waals surface area (Å²) in [6.07, 6.45) is 5.29. The molecule has 0 radical (unpaired) electrons. The van der Waals surface area contributed by atoms with Crippen LogP contribution >= 0.6 is 0 Å². The van der Waals surface area contributed by atoms with Crippen molar-refractivity contribution in [2.75, 3.05) is 13.7 Å². The molecule has 0 unspecified atom stereocenters. The predicted molar refractivity (Wildman–Crippen MR) is 136 cm³/mol. The van der Waals surface area contributed by atoms with Crippen LogP contribution in [0.25, 0.3) is 0 Å². The summed E-state index contributed by atoms with van der Waals surface area (Å²) in [5.74, 6) is -2.24. The molecule has 0 bridgehead atoms. The van der Waals surface area contributed by atoms with Crippen molar-refractivity contribution in [3.63, 3.8) is 0 Å². The highest BCUT2D eigenvalue weighted by molar-refractivity contribution is 5.89. The minimum Gasteiger partial charge on any atom is -0.458 e. The number of hydrogen-bond acceptors (Lipinski definition) is 9. The van der Waals surface area contributed by atoms with Crippen LogP contribution in [0.2, 0.25) is 0 Å². The summed E-state index contributed by atoms with van der Waals surface area (Å²) in [5.41, 5.74) is -0.601. The maximum atomic E-state index is 14.2. The van der Waals surface area contributed by atoms with Crippen molar-refractivity contribution in [2.45, 2.75) is 108 Å². The number of esters is 1. The predicted octanol–water partition coefficient (Wildman–Crippen LogP) is 2.57. The molecule has 4 aliphatic carbocycles. The molecule has 0 aromatic rings. The van der Waals surface area contributed by atoms with Gasteiger partial charge >= 0.3 is 5.97 Å². The van der Waals surface area contributed by atoms with Crippen LogP contribution in [-0.4, -0.2) is 77.8 Å². The molecule has 0 amide bonds. The molecule has 9 heteroatoms. The molecule has 2 saturated heterocycles. The van der Waals surface area contributed by atoms with Crippen molar-refractivity contribution in [3.8, 4) is 0 Å². The molecule has 0 aromatic carbocycles. The number of cyclic esters (lactones) is 1. The number of carbonyl (C=O) groups excluding carboxylic acids is 2. The van der Waals surface area contributed by atoms with Crippen LogP contribution < -0.4 is 0 Å². The fourth-order valence-corrected chi connectivity index (χ4v) is 9.77. The van der Waals surface area contributed by atoms with E-state index in [1.807, 2.05) is 19.9 Å². The fraction of sp³-hybridized carbons (Fsp3) is 0.800. The lowest BCUT2D eigenvalue weighted by Gasteiger charge is -2.64. The van der Waals surface area contributed by atoms with Gasteiger partial charge in [-0.05, 0) is 61.9 Å². The van der Waals surface area contributed by atoms with Gasteiger partial charge in [0.05, 0.1) is 23.9 Å². The lowest BCUT2D eigenvalue weighted by Crippen LogP contribution is -2.71. The highest BCUT2D eigenvalue weighted by atomic mass is 16.8. The maximum absolute atomic E-state index is 14.2. The molecule has 12 atom stereocenters. The number of ketones is 1. The first-order chi connectivity index (χ1) is 18.4. The molecule has 7 rings (SSSR count). The van der Waals surface area contributed by atoms with Gasteiger partial charge in [0.15, 0.2) is 0 Å². The van der Waals surface area contributed by atoms with E-state index in [4.69, 9.17) is 23.7 Å². The Morgan fingerprint density at radius 2 is 1.87 bits per heavy atom. The Labute approximate surface area is 228 Å². The summed E-state index contributed by atoms with van der Waals surface area (Å²) in [6, 6.07) is 0. The minimum absolute atomic E-state index is 0.130. The van der Waals surface area contributed by atoms with Crippen LogP contribution in [0.5, 0.6) is 0 Å². The van der Waals surface area contributed by atoms with E-state index in [1.54, 1.807) is 7.11 Å². The van der Waals surface area contributed by atoms with Gasteiger partial charge in [0, 0.05) is 42.9 Å². The van der Waals surface area contributed by atoms with Crippen molar-refractivity contribution in [1.29, 1.82) is 0 Å². The monoisotopic (exact) mass is 544 g/mol. The standard InChI is InChI=1S/C30H40O9/c1-15-9-23(35-4)30(34)26(37-15)38-21-11-17-5-6-19-25(27(17,2)13-22(21)39-30)20(31)12-28(3)18(7-8-29(19,28)33)16-10-24(32)36-14-16/h7,10,15,17,19,21-23,25-26,33-34H,5-6,8-9,11-14H2,1-4H3/t15-,17-,19-,21-,22-,23-,25-,26+,27+,28-,29+,30+/m1/s1. The number of hydrogen-bond donors (Lipinski definition) is 2. The van der Waals surface area contributed by atoms with E-state index in [2.05, 4.69) is 6.92 Å². The third-order valence-corrected chi connectivity index (χ3v) is 11.7. The fourth-order valence-electron chi connectivity index (χ4n) is 9.77. The summed E-state index contributed by atoms with van der Waals surface area (Å²) in [6.45, 7) is 6.28. The Morgan fingerprint density at radius 3 is 2.59 bits per heavy atom. The largest absolute Gasteiger partial charge is 0.458 e. The Kier molecular flexibility index (Phi) is 5.70. The third kappa shape index (κ3) is 3.40. The number of methoxy groups -OCH3 is 1. The van der Waals surface area contributed by atoms with E-state index in [0.717, 1.165) is 24.0 Å². The molecule has 7 aliphatic rings. The topological polar surface area (TPSA) is 121 Å². The second-order valence-electron chi connectivity index (χ2n) is 13.6. The molecule has 5 fully saturated rings. The lowest BCUT2D eigenvalue weighted by atomic mass is 9.42. The zero-order valence-electron chi connectivity index (χ0n) is 23.2. The van der Waals surface area contributed by atoms with Crippen LogP contribution in [-0.2, 0) is 33.3 Å². The Hall–Kier alpha value is -1.62. The number of aliphatic hydroxyl groups is 2. The van der Waals surface area contributed by atoms with Gasteiger partial charge < -0.3 is 33.9 Å². The van der Waals surface area contributed by atoms with Gasteiger partial charge in [-0.1, -0.05) is 19.9 Å². The van der Waals surface area contributed by atoms with E-state index in [-0.39, 0.29) is 54.7 Å². The lowest BCUT2D eigenvalue weighted by molar-refractivity contribution is -0.459. The van der Waals surface area contributed by atoms with Crippen LogP contribution in [0.4, 0.5) is 0 Å². The van der Waals surface area contributed by atoms with E-state index >= 15 is 0 Å². The SMILES string of the molecule is CO[C@@H]1C[C@@H](C)O[C@H]2O[C@@H]3C[C@H]4CC[C@@H]5[C@H](C(=O)C[C@]6(C)C(C7=CC(=O)OC7)=CC[C@]56O)[C@@]4(C)C[C@H]3O[C@]21O. The van der Waals surface area contributed by atoms with Crippen LogP contribution in [0.3, 0.4) is 0 Å². The molecule has 39 heavy (non-hydrogen) atoms. The first kappa shape index (κ1) is 26.3. The van der Waals surface area contributed by atoms with Gasteiger partial charge in [0.25, 0.3) is 0 Å². The Balaban J connectivity index is 1.19. The summed E-state index contributed by atoms with van der Waals surface area (Å²) < 4.78 is 29.6. The van der Waals surface area contributed by atoms with E-state index in [1.165, 1.54) is 6.08 Å². The molecule has 2 N–H and O–H groups in total. The molecule has 3 heterocycles. The van der Waals surface area contributed by atoms with Gasteiger partial charge in [-0.3, -0.25) is 4.79 Å². The van der Waals surface area contributed by atoms with Crippen molar-refractivity contribution in [2.24, 2.45) is 28.6 Å². The third-order valence-electron chi connectivity index (χ3n) is 11.7. The minimum atomic E-state index is -1.72. The molecule has 0 aromatic heterocycles. The number of ether oxygens (including phenoxy) is 5. The van der Waals surface area contributed by atoms with Gasteiger partial charge in [-0.25, -0.2) is 4.79 Å². The van der Waals surface area contributed by atoms with Crippen LogP contribution in [0, 0.1) is 28.6 Å². The maximum Gasteiger partial charge on any atom is 0.331 e. The van der Waals surface area contributed by atoms with Crippen molar-refractivity contribution in [1.82, 2.24) is 0 Å². The van der Waals surface area contributed by atoms with Gasteiger partial charge in [0.1, 0.15) is 18.5 Å². The number of rotatable bonds is 2. The second-order valence-corrected chi connectivity index (χ2v) is 13.6. The van der Waals surface area contributed by atoms with Crippen molar-refractivity contribution in [3.05, 3.63) is 23.3 Å². The molecule has 214 valence electrons. The van der Waals surface area contributed by atoms with Crippen LogP contribution in [0.1, 0.15) is 65.7 Å². The average Bonchev–Trinajstić information content (AvgIpc) is 3.41. The number of Topliss-reactive ketones (excluding diaryl/α,β-unsaturated/α-hetero) is 1. The molecule has 3 aliphatic heterocycles. The van der Waals surface area contributed by atoms with Gasteiger partial charge in [-0.15, -0.1) is 0 Å². The van der Waals surface area contributed by atoms with Gasteiger partial charge in [0.2, 0.25) is 12.1 Å². The molecular formula is C30H40O9. The highest BCUT2D eigenvalue weighted by Crippen LogP contribution is 2.68. The smallest absolute Gasteiger partial charge is 0.331 e. The highest BCUT2D eigenvalue weighted by Gasteiger charge is 2.70. The Morgan fingerprint density at radius 1 is 1.08 bits per heavy atom. The quantitative estimate of drug-likeness (QED) is 0.399. The molecule has 9 nitrogen and oxygen atoms in total. The summed E-state index contributed by atoms with van der Waals surface area (Å²) in [4.78, 5) is 26.0. The molecule has 3 saturated carbocycles. The summed E-state index contributed by atoms with van der Waals surface area (Å²) >= 11 is 0. The average molecular weight is 545 g/mol. The van der Waals surface area contributed by atoms with Crippen LogP contribution in [0.15, 0.2) is 23.3 Å². The summed E-state index contributed by atoms with van der Waals surface area (Å²) in [7, 11) is 1.56. The number of fused-ring (bicyclic) bond motifs is 7. The molecular weight excluding hydrogens is 504 g/mol. The zero-order valence-corrected chi connectivity index (χ0v) is 23.2.